The van der Waals surface area contributed by atoms with Gasteiger partial charge in [-0.1, -0.05) is 57.5 Å². The molecule has 1 atom stereocenters. The Balaban J connectivity index is 1.82. The number of rotatable bonds is 6. The van der Waals surface area contributed by atoms with Crippen LogP contribution in [0.4, 0.5) is 4.79 Å². The van der Waals surface area contributed by atoms with Crippen LogP contribution in [-0.4, -0.2) is 17.8 Å². The summed E-state index contributed by atoms with van der Waals surface area (Å²) in [6.45, 7) is 7.16. The molecule has 4 nitrogen and oxygen atoms in total. The topological polar surface area (TPSA) is 58.6 Å². The number of unbranched alkanes of at least 4 members (excludes halogenated alkanes) is 1. The van der Waals surface area contributed by atoms with E-state index in [-0.39, 0.29) is 11.5 Å². The second kappa shape index (κ2) is 8.03. The van der Waals surface area contributed by atoms with Gasteiger partial charge in [0, 0.05) is 0 Å². The van der Waals surface area contributed by atoms with Gasteiger partial charge in [-0.3, -0.25) is 0 Å². The Morgan fingerprint density at radius 2 is 1.89 bits per heavy atom. The molecular formula is C23H29NO3. The van der Waals surface area contributed by atoms with Crippen molar-refractivity contribution in [3.63, 3.8) is 0 Å². The van der Waals surface area contributed by atoms with Crippen LogP contribution in [0.2, 0.25) is 0 Å². The SMILES string of the molecule is CCCCOc1ccc(-c2ccc3c(c2)CCC(C)(C)[C@H]3NC(=O)O)cc1. The second-order valence-corrected chi connectivity index (χ2v) is 8.01. The van der Waals surface area contributed by atoms with Gasteiger partial charge < -0.3 is 15.2 Å². The average molecular weight is 367 g/mol. The molecular weight excluding hydrogens is 338 g/mol. The van der Waals surface area contributed by atoms with Crippen molar-refractivity contribution in [2.45, 2.75) is 52.5 Å². The third-order valence-corrected chi connectivity index (χ3v) is 5.50. The van der Waals surface area contributed by atoms with Gasteiger partial charge in [0.1, 0.15) is 5.75 Å². The van der Waals surface area contributed by atoms with E-state index in [1.54, 1.807) is 0 Å². The van der Waals surface area contributed by atoms with E-state index in [0.29, 0.717) is 0 Å². The minimum absolute atomic E-state index is 0.0929. The predicted octanol–water partition coefficient (Wildman–Crippen LogP) is 5.81. The number of nitrogens with one attached hydrogen (secondary N) is 1. The van der Waals surface area contributed by atoms with E-state index < -0.39 is 6.09 Å². The van der Waals surface area contributed by atoms with Crippen molar-refractivity contribution in [1.29, 1.82) is 0 Å². The fraction of sp³-hybridized carbons (Fsp3) is 0.435. The molecule has 4 heteroatoms. The summed E-state index contributed by atoms with van der Waals surface area (Å²) in [5.74, 6) is 0.901. The molecule has 0 fully saturated rings. The fourth-order valence-corrected chi connectivity index (χ4v) is 3.78. The van der Waals surface area contributed by atoms with Crippen molar-refractivity contribution in [3.8, 4) is 16.9 Å². The molecule has 0 aliphatic heterocycles. The Morgan fingerprint density at radius 3 is 2.56 bits per heavy atom. The summed E-state index contributed by atoms with van der Waals surface area (Å²) in [5.41, 5.74) is 4.53. The number of hydrogen-bond acceptors (Lipinski definition) is 2. The Hall–Kier alpha value is -2.49. The number of carboxylic acid groups (broad SMARTS) is 1. The highest BCUT2D eigenvalue weighted by Gasteiger charge is 2.36. The molecule has 0 heterocycles. The standard InChI is InChI=1S/C23H29NO3/c1-4-5-14-27-19-9-6-16(7-10-19)17-8-11-20-18(15-17)12-13-23(2,3)21(20)24-22(25)26/h6-11,15,21,24H,4-5,12-14H2,1-3H3,(H,25,26)/t21-/m0/s1. The van der Waals surface area contributed by atoms with Gasteiger partial charge in [-0.15, -0.1) is 0 Å². The lowest BCUT2D eigenvalue weighted by molar-refractivity contribution is 0.161. The first-order chi connectivity index (χ1) is 12.9. The maximum atomic E-state index is 11.3. The third-order valence-electron chi connectivity index (χ3n) is 5.50. The number of carbonyl (C=O) groups is 1. The Bertz CT molecular complexity index is 796. The van der Waals surface area contributed by atoms with E-state index >= 15 is 0 Å². The first-order valence-electron chi connectivity index (χ1n) is 9.76. The molecule has 0 aromatic heterocycles. The molecule has 3 rings (SSSR count). The van der Waals surface area contributed by atoms with Crippen molar-refractivity contribution in [1.82, 2.24) is 5.32 Å². The summed E-state index contributed by atoms with van der Waals surface area (Å²) in [7, 11) is 0. The van der Waals surface area contributed by atoms with Gasteiger partial charge in [-0.2, -0.15) is 0 Å². The zero-order valence-electron chi connectivity index (χ0n) is 16.4. The van der Waals surface area contributed by atoms with Crippen molar-refractivity contribution in [2.75, 3.05) is 6.61 Å². The molecule has 27 heavy (non-hydrogen) atoms. The number of fused-ring (bicyclic) bond motifs is 1. The summed E-state index contributed by atoms with van der Waals surface area (Å²) in [6, 6.07) is 14.4. The number of hydrogen-bond donors (Lipinski definition) is 2. The quantitative estimate of drug-likeness (QED) is 0.633. The zero-order chi connectivity index (χ0) is 19.4. The highest BCUT2D eigenvalue weighted by atomic mass is 16.5. The van der Waals surface area contributed by atoms with Gasteiger partial charge in [-0.05, 0) is 59.1 Å². The van der Waals surface area contributed by atoms with E-state index in [1.807, 2.05) is 12.1 Å². The van der Waals surface area contributed by atoms with Crippen molar-refractivity contribution >= 4 is 6.09 Å². The first-order valence-corrected chi connectivity index (χ1v) is 9.76. The summed E-state index contributed by atoms with van der Waals surface area (Å²) in [5, 5.41) is 12.0. The van der Waals surface area contributed by atoms with Crippen LogP contribution in [0.3, 0.4) is 0 Å². The van der Waals surface area contributed by atoms with E-state index in [9.17, 15) is 9.90 Å². The van der Waals surface area contributed by atoms with Crippen molar-refractivity contribution in [3.05, 3.63) is 53.6 Å². The number of ether oxygens (including phenoxy) is 1. The highest BCUT2D eigenvalue weighted by Crippen LogP contribution is 2.44. The van der Waals surface area contributed by atoms with Crippen LogP contribution in [0.1, 0.15) is 57.2 Å². The van der Waals surface area contributed by atoms with Crippen LogP contribution < -0.4 is 10.1 Å². The van der Waals surface area contributed by atoms with Gasteiger partial charge in [0.05, 0.1) is 12.6 Å². The summed E-state index contributed by atoms with van der Waals surface area (Å²) >= 11 is 0. The molecule has 1 amide bonds. The molecule has 1 aliphatic carbocycles. The van der Waals surface area contributed by atoms with Gasteiger partial charge >= 0.3 is 6.09 Å². The maximum absolute atomic E-state index is 11.3. The van der Waals surface area contributed by atoms with Crippen LogP contribution in [0.5, 0.6) is 5.75 Å². The smallest absolute Gasteiger partial charge is 0.405 e. The van der Waals surface area contributed by atoms with Gasteiger partial charge in [0.2, 0.25) is 0 Å². The van der Waals surface area contributed by atoms with Gasteiger partial charge in [-0.25, -0.2) is 4.79 Å². The molecule has 0 saturated heterocycles. The molecule has 1 aliphatic rings. The van der Waals surface area contributed by atoms with Crippen molar-refractivity contribution < 1.29 is 14.6 Å². The fourth-order valence-electron chi connectivity index (χ4n) is 3.78. The molecule has 0 bridgehead atoms. The van der Waals surface area contributed by atoms with E-state index in [4.69, 9.17) is 4.74 Å². The average Bonchev–Trinajstić information content (AvgIpc) is 2.64. The largest absolute Gasteiger partial charge is 0.494 e. The van der Waals surface area contributed by atoms with Crippen LogP contribution in [-0.2, 0) is 6.42 Å². The molecule has 2 aromatic rings. The lowest BCUT2D eigenvalue weighted by atomic mass is 9.70. The normalized spacial score (nSPS) is 17.8. The number of amides is 1. The molecule has 144 valence electrons. The minimum atomic E-state index is -0.969. The highest BCUT2D eigenvalue weighted by molar-refractivity contribution is 5.68. The minimum Gasteiger partial charge on any atom is -0.494 e. The second-order valence-electron chi connectivity index (χ2n) is 8.01. The Morgan fingerprint density at radius 1 is 1.19 bits per heavy atom. The summed E-state index contributed by atoms with van der Waals surface area (Å²) in [4.78, 5) is 11.3. The van der Waals surface area contributed by atoms with Gasteiger partial charge in [0.15, 0.2) is 0 Å². The Kier molecular flexibility index (Phi) is 5.73. The predicted molar refractivity (Wildman–Crippen MR) is 108 cm³/mol. The van der Waals surface area contributed by atoms with Crippen LogP contribution in [0, 0.1) is 5.41 Å². The lowest BCUT2D eigenvalue weighted by Crippen LogP contribution is -2.40. The summed E-state index contributed by atoms with van der Waals surface area (Å²) < 4.78 is 5.74. The lowest BCUT2D eigenvalue weighted by Gasteiger charge is -2.40. The van der Waals surface area contributed by atoms with E-state index in [1.165, 1.54) is 5.56 Å². The van der Waals surface area contributed by atoms with E-state index in [0.717, 1.165) is 54.7 Å². The third kappa shape index (κ3) is 4.44. The molecule has 0 spiro atoms. The maximum Gasteiger partial charge on any atom is 0.405 e. The summed E-state index contributed by atoms with van der Waals surface area (Å²) in [6.07, 6.45) is 3.14. The van der Waals surface area contributed by atoms with E-state index in [2.05, 4.69) is 56.4 Å². The zero-order valence-corrected chi connectivity index (χ0v) is 16.4. The van der Waals surface area contributed by atoms with Crippen LogP contribution >= 0.6 is 0 Å². The monoisotopic (exact) mass is 367 g/mol. The molecule has 0 unspecified atom stereocenters. The Labute approximate surface area is 161 Å². The number of benzene rings is 2. The molecule has 2 aromatic carbocycles. The van der Waals surface area contributed by atoms with Crippen molar-refractivity contribution in [2.24, 2.45) is 5.41 Å². The molecule has 2 N–H and O–H groups in total. The molecule has 0 radical (unpaired) electrons. The first kappa shape index (κ1) is 19.3. The number of aryl methyl sites for hydroxylation is 1. The van der Waals surface area contributed by atoms with Gasteiger partial charge in [0.25, 0.3) is 0 Å². The van der Waals surface area contributed by atoms with Crippen LogP contribution in [0.25, 0.3) is 11.1 Å². The van der Waals surface area contributed by atoms with Crippen LogP contribution in [0.15, 0.2) is 42.5 Å². The molecule has 0 saturated carbocycles.